The Bertz CT molecular complexity index is 1870. The Labute approximate surface area is 253 Å². The summed E-state index contributed by atoms with van der Waals surface area (Å²) in [7, 11) is 2.03. The number of aromatic nitrogens is 2. The highest BCUT2D eigenvalue weighted by Gasteiger charge is 2.49. The molecule has 0 radical (unpaired) electrons. The van der Waals surface area contributed by atoms with E-state index in [9.17, 15) is 9.18 Å². The van der Waals surface area contributed by atoms with E-state index in [1.54, 1.807) is 4.90 Å². The lowest BCUT2D eigenvalue weighted by Gasteiger charge is -2.50. The number of amides is 1. The highest BCUT2D eigenvalue weighted by Crippen LogP contribution is 2.52. The monoisotopic (exact) mass is 629 g/mol. The van der Waals surface area contributed by atoms with Crippen LogP contribution in [0.5, 0.6) is 5.88 Å². The van der Waals surface area contributed by atoms with Gasteiger partial charge in [0, 0.05) is 47.8 Å². The van der Waals surface area contributed by atoms with Crippen molar-refractivity contribution in [3.63, 3.8) is 0 Å². The quantitative estimate of drug-likeness (QED) is 0.334. The maximum Gasteiger partial charge on any atom is 0.251 e. The first-order valence-corrected chi connectivity index (χ1v) is 15.4. The summed E-state index contributed by atoms with van der Waals surface area (Å²) in [5.74, 6) is -2.69. The van der Waals surface area contributed by atoms with E-state index in [1.807, 2.05) is 18.9 Å². The van der Waals surface area contributed by atoms with E-state index in [2.05, 4.69) is 20.2 Å². The number of thiazole rings is 1. The summed E-state index contributed by atoms with van der Waals surface area (Å²) in [5.41, 5.74) is 6.13. The molecular weight excluding hydrogens is 603 g/mol. The second kappa shape index (κ2) is 9.55. The smallest absolute Gasteiger partial charge is 0.251 e. The molecule has 6 heterocycles. The molecule has 3 N–H and O–H groups in total. The van der Waals surface area contributed by atoms with Crippen LogP contribution >= 0.6 is 22.9 Å². The van der Waals surface area contributed by atoms with Crippen LogP contribution in [0.15, 0.2) is 12.1 Å². The zero-order valence-corrected chi connectivity index (χ0v) is 24.8. The summed E-state index contributed by atoms with van der Waals surface area (Å²) in [6, 6.07) is 1.82. The van der Waals surface area contributed by atoms with E-state index >= 15 is 8.78 Å². The van der Waals surface area contributed by atoms with E-state index in [-0.39, 0.29) is 67.0 Å². The number of pyridine rings is 1. The van der Waals surface area contributed by atoms with Crippen molar-refractivity contribution in [1.82, 2.24) is 20.2 Å². The summed E-state index contributed by atoms with van der Waals surface area (Å²) in [6.45, 7) is 4.17. The third-order valence-electron chi connectivity index (χ3n) is 9.17. The molecule has 43 heavy (non-hydrogen) atoms. The molecule has 2 aromatic heterocycles. The van der Waals surface area contributed by atoms with Gasteiger partial charge < -0.3 is 25.6 Å². The minimum absolute atomic E-state index is 0.00313. The molecule has 0 spiro atoms. The van der Waals surface area contributed by atoms with E-state index in [0.717, 1.165) is 30.7 Å². The summed E-state index contributed by atoms with van der Waals surface area (Å²) in [6.07, 6.45) is 1.54. The van der Waals surface area contributed by atoms with E-state index in [4.69, 9.17) is 22.1 Å². The van der Waals surface area contributed by atoms with Crippen molar-refractivity contribution in [2.45, 2.75) is 44.0 Å². The summed E-state index contributed by atoms with van der Waals surface area (Å²) < 4.78 is 53.4. The first-order valence-electron chi connectivity index (χ1n) is 14.2. The second-order valence-corrected chi connectivity index (χ2v) is 13.2. The minimum atomic E-state index is -1.02. The van der Waals surface area contributed by atoms with Gasteiger partial charge in [-0.2, -0.15) is 0 Å². The minimum Gasteiger partial charge on any atom is -0.469 e. The molecule has 0 unspecified atom stereocenters. The number of carbonyl (C=O) groups excluding carboxylic acids is 1. The van der Waals surface area contributed by atoms with Gasteiger partial charge in [-0.05, 0) is 39.4 Å². The molecule has 8 rings (SSSR count). The summed E-state index contributed by atoms with van der Waals surface area (Å²) >= 11 is 7.59. The first-order chi connectivity index (χ1) is 20.6. The van der Waals surface area contributed by atoms with Gasteiger partial charge in [0.25, 0.3) is 5.91 Å². The molecule has 0 aliphatic carbocycles. The predicted molar refractivity (Wildman–Crippen MR) is 161 cm³/mol. The molecule has 4 aliphatic heterocycles. The van der Waals surface area contributed by atoms with Gasteiger partial charge in [-0.3, -0.25) is 9.69 Å². The van der Waals surface area contributed by atoms with Crippen molar-refractivity contribution in [1.29, 1.82) is 0 Å². The largest absolute Gasteiger partial charge is 0.469 e. The van der Waals surface area contributed by atoms with Gasteiger partial charge in [0.05, 0.1) is 27.5 Å². The van der Waals surface area contributed by atoms with Crippen LogP contribution in [0.25, 0.3) is 32.2 Å². The molecule has 2 fully saturated rings. The molecule has 0 saturated carbocycles. The van der Waals surface area contributed by atoms with Gasteiger partial charge in [0.15, 0.2) is 10.9 Å². The van der Waals surface area contributed by atoms with Gasteiger partial charge in [-0.1, -0.05) is 22.9 Å². The SMILES string of the molecule is C[C@@H]1CN2c3c4c(nc5c(F)c(-c6c(F)cc(F)c7sc(N)nc67)c(Cl)cc35)O[C@@H]([C@@H]3CCCN3C)CN4C(=O)[C@H]2CN1. The molecule has 14 heteroatoms. The van der Waals surface area contributed by atoms with Crippen molar-refractivity contribution >= 4 is 66.5 Å². The molecule has 2 saturated heterocycles. The number of likely N-dealkylation sites (tertiary alicyclic amines) is 1. The molecule has 9 nitrogen and oxygen atoms in total. The standard InChI is InChI=1S/C29H27ClF3N7O2S/c1-11-9-39-17(8-35-11)28(41)40-10-18(16-4-3-5-38(16)2)42-27-25(40)24(39)12-6-13(30)19(21(33)22(12)36-27)20-14(31)7-15(32)26-23(20)37-29(34)43-26/h6-7,11,16-18,35H,3-5,8-10H2,1-2H3,(H2,34,37)/t11-,16+,17-,18-/m1/s1. The predicted octanol–water partition coefficient (Wildman–Crippen LogP) is 4.53. The number of nitrogens with zero attached hydrogens (tertiary/aromatic N) is 5. The maximum absolute atomic E-state index is 16.8. The van der Waals surface area contributed by atoms with E-state index < -0.39 is 23.5 Å². The third-order valence-corrected chi connectivity index (χ3v) is 10.4. The van der Waals surface area contributed by atoms with Crippen LogP contribution in [0, 0.1) is 17.5 Å². The van der Waals surface area contributed by atoms with E-state index in [1.165, 1.54) is 6.07 Å². The number of rotatable bonds is 2. The number of halogens is 4. The molecular formula is C29H27ClF3N7O2S. The lowest BCUT2D eigenvalue weighted by atomic mass is 9.95. The number of nitrogens with two attached hydrogens (primary N) is 1. The van der Waals surface area contributed by atoms with Crippen molar-refractivity contribution in [2.24, 2.45) is 0 Å². The van der Waals surface area contributed by atoms with Crippen LogP contribution < -0.4 is 25.6 Å². The van der Waals surface area contributed by atoms with Crippen molar-refractivity contribution in [3.05, 3.63) is 34.6 Å². The van der Waals surface area contributed by atoms with Gasteiger partial charge in [0.1, 0.15) is 35.0 Å². The van der Waals surface area contributed by atoms with Gasteiger partial charge in [-0.15, -0.1) is 0 Å². The highest BCUT2D eigenvalue weighted by atomic mass is 35.5. The number of piperazine rings is 1. The normalized spacial score (nSPS) is 25.4. The van der Waals surface area contributed by atoms with Crippen molar-refractivity contribution in [3.8, 4) is 17.0 Å². The fourth-order valence-electron chi connectivity index (χ4n) is 7.21. The summed E-state index contributed by atoms with van der Waals surface area (Å²) in [5, 5.41) is 3.67. The number of nitrogen functional groups attached to an aromatic ring is 1. The van der Waals surface area contributed by atoms with Crippen LogP contribution in [0.2, 0.25) is 5.02 Å². The molecule has 0 bridgehead atoms. The molecule has 2 aromatic carbocycles. The molecule has 224 valence electrons. The Balaban J connectivity index is 1.40. The number of benzene rings is 2. The number of ether oxygens (including phenoxy) is 1. The average Bonchev–Trinajstić information content (AvgIpc) is 3.57. The fraction of sp³-hybridized carbons (Fsp3) is 0.414. The molecule has 1 amide bonds. The maximum atomic E-state index is 16.8. The number of fused-ring (bicyclic) bond motifs is 5. The number of likely N-dealkylation sites (N-methyl/N-ethyl adjacent to an activating group) is 1. The van der Waals surface area contributed by atoms with Crippen molar-refractivity contribution < 1.29 is 22.7 Å². The lowest BCUT2D eigenvalue weighted by molar-refractivity contribution is -0.121. The molecule has 4 aliphatic rings. The topological polar surface area (TPSA) is 99.8 Å². The third kappa shape index (κ3) is 3.87. The zero-order valence-electron chi connectivity index (χ0n) is 23.3. The second-order valence-electron chi connectivity index (χ2n) is 11.8. The highest BCUT2D eigenvalue weighted by molar-refractivity contribution is 7.22. The summed E-state index contributed by atoms with van der Waals surface area (Å²) in [4.78, 5) is 28.6. The zero-order chi connectivity index (χ0) is 29.9. The number of hydrogen-bond acceptors (Lipinski definition) is 9. The van der Waals surface area contributed by atoms with Crippen LogP contribution in [0.4, 0.5) is 29.7 Å². The lowest BCUT2D eigenvalue weighted by Crippen LogP contribution is -2.66. The average molecular weight is 630 g/mol. The fourth-order valence-corrected chi connectivity index (χ4v) is 8.24. The van der Waals surface area contributed by atoms with E-state index in [0.29, 0.717) is 42.5 Å². The van der Waals surface area contributed by atoms with Gasteiger partial charge in [-0.25, -0.2) is 23.1 Å². The van der Waals surface area contributed by atoms with Crippen LogP contribution in [-0.4, -0.2) is 78.2 Å². The Morgan fingerprint density at radius 1 is 1.12 bits per heavy atom. The number of carbonyl (C=O) groups is 1. The van der Waals surface area contributed by atoms with Crippen molar-refractivity contribution in [2.75, 3.05) is 48.8 Å². The Morgan fingerprint density at radius 3 is 2.70 bits per heavy atom. The molecule has 4 aromatic rings. The molecule has 4 atom stereocenters. The number of nitrogens with one attached hydrogen (secondary N) is 1. The Hall–Kier alpha value is -3.39. The van der Waals surface area contributed by atoms with Gasteiger partial charge in [0.2, 0.25) is 5.88 Å². The van der Waals surface area contributed by atoms with Gasteiger partial charge >= 0.3 is 0 Å². The first kappa shape index (κ1) is 27.2. The number of hydrogen-bond donors (Lipinski definition) is 2. The Morgan fingerprint density at radius 2 is 1.93 bits per heavy atom. The van der Waals surface area contributed by atoms with Crippen LogP contribution in [0.3, 0.4) is 0 Å². The number of anilines is 3. The van der Waals surface area contributed by atoms with Crippen LogP contribution in [-0.2, 0) is 4.79 Å². The Kier molecular flexibility index (Phi) is 6.04. The van der Waals surface area contributed by atoms with Crippen LogP contribution in [0.1, 0.15) is 19.8 Å².